The van der Waals surface area contributed by atoms with Crippen LogP contribution >= 0.6 is 11.6 Å². The Balaban J connectivity index is 2.45. The molecule has 0 bridgehead atoms. The highest BCUT2D eigenvalue weighted by atomic mass is 35.5. The van der Waals surface area contributed by atoms with E-state index in [1.54, 1.807) is 0 Å². The number of carbonyl (C=O) groups excluding carboxylic acids is 2. The quantitative estimate of drug-likeness (QED) is 0.722. The molecule has 1 saturated heterocycles. The summed E-state index contributed by atoms with van der Waals surface area (Å²) in [5.41, 5.74) is 2.69. The van der Waals surface area contributed by atoms with E-state index in [1.165, 1.54) is 6.42 Å². The van der Waals surface area contributed by atoms with Gasteiger partial charge in [-0.2, -0.15) is 0 Å². The van der Waals surface area contributed by atoms with Gasteiger partial charge in [-0.25, -0.2) is 9.80 Å². The van der Waals surface area contributed by atoms with Gasteiger partial charge in [-0.15, -0.1) is 11.6 Å². The fraction of sp³-hybridized carbons (Fsp3) is 0.800. The van der Waals surface area contributed by atoms with Gasteiger partial charge in [0.25, 0.3) is 0 Å². The molecule has 3 amide bonds. The lowest BCUT2D eigenvalue weighted by atomic mass is 10.00. The molecule has 0 aromatic rings. The first kappa shape index (κ1) is 13.3. The van der Waals surface area contributed by atoms with Crippen LogP contribution in [0.15, 0.2) is 0 Å². The molecule has 1 aliphatic rings. The van der Waals surface area contributed by atoms with Gasteiger partial charge in [-0.05, 0) is 26.7 Å². The summed E-state index contributed by atoms with van der Waals surface area (Å²) >= 11 is 5.29. The van der Waals surface area contributed by atoms with E-state index in [4.69, 9.17) is 11.6 Å². The van der Waals surface area contributed by atoms with Crippen molar-refractivity contribution in [1.29, 1.82) is 0 Å². The number of rotatable bonds is 2. The number of nitrogens with zero attached hydrogens (tertiary/aromatic N) is 1. The van der Waals surface area contributed by atoms with E-state index < -0.39 is 11.9 Å². The van der Waals surface area contributed by atoms with E-state index in [2.05, 4.69) is 24.6 Å². The third-order valence-electron chi connectivity index (χ3n) is 2.80. The SMILES string of the molecule is CC1CCCC(C)N1NC(=O)NC(=O)CCl. The lowest BCUT2D eigenvalue weighted by molar-refractivity contribution is -0.117. The Bertz CT molecular complexity index is 263. The Morgan fingerprint density at radius 3 is 2.38 bits per heavy atom. The number of imide groups is 1. The number of halogens is 1. The Morgan fingerprint density at radius 2 is 1.88 bits per heavy atom. The van der Waals surface area contributed by atoms with Gasteiger partial charge < -0.3 is 0 Å². The van der Waals surface area contributed by atoms with Crippen molar-refractivity contribution in [3.8, 4) is 0 Å². The van der Waals surface area contributed by atoms with E-state index in [-0.39, 0.29) is 5.88 Å². The number of piperidine rings is 1. The van der Waals surface area contributed by atoms with E-state index in [1.807, 2.05) is 5.01 Å². The molecule has 1 heterocycles. The third-order valence-corrected chi connectivity index (χ3v) is 3.04. The van der Waals surface area contributed by atoms with Crippen molar-refractivity contribution in [1.82, 2.24) is 15.8 Å². The van der Waals surface area contributed by atoms with Crippen LogP contribution in [-0.2, 0) is 4.79 Å². The molecule has 0 saturated carbocycles. The van der Waals surface area contributed by atoms with Crippen LogP contribution in [0.2, 0.25) is 0 Å². The van der Waals surface area contributed by atoms with Gasteiger partial charge in [0.1, 0.15) is 5.88 Å². The first-order valence-electron chi connectivity index (χ1n) is 5.49. The molecule has 1 fully saturated rings. The summed E-state index contributed by atoms with van der Waals surface area (Å²) in [5, 5.41) is 4.04. The van der Waals surface area contributed by atoms with Crippen molar-refractivity contribution in [3.63, 3.8) is 0 Å². The van der Waals surface area contributed by atoms with Crippen LogP contribution in [0.5, 0.6) is 0 Å². The summed E-state index contributed by atoms with van der Waals surface area (Å²) in [7, 11) is 0. The number of hydrazine groups is 1. The zero-order valence-corrected chi connectivity index (χ0v) is 10.4. The molecule has 0 aliphatic carbocycles. The maximum Gasteiger partial charge on any atom is 0.336 e. The second-order valence-electron chi connectivity index (χ2n) is 4.16. The summed E-state index contributed by atoms with van der Waals surface area (Å²) in [4.78, 5) is 22.3. The first-order chi connectivity index (χ1) is 7.54. The minimum Gasteiger partial charge on any atom is -0.276 e. The molecule has 6 heteroatoms. The molecule has 1 rings (SSSR count). The smallest absolute Gasteiger partial charge is 0.276 e. The van der Waals surface area contributed by atoms with Gasteiger partial charge in [0.2, 0.25) is 5.91 Å². The fourth-order valence-electron chi connectivity index (χ4n) is 1.95. The van der Waals surface area contributed by atoms with E-state index in [9.17, 15) is 9.59 Å². The van der Waals surface area contributed by atoms with Gasteiger partial charge >= 0.3 is 6.03 Å². The fourth-order valence-corrected chi connectivity index (χ4v) is 2.01. The molecule has 0 aromatic heterocycles. The maximum atomic E-state index is 11.4. The second-order valence-corrected chi connectivity index (χ2v) is 4.43. The summed E-state index contributed by atoms with van der Waals surface area (Å²) in [6.45, 7) is 4.11. The number of hydrogen-bond donors (Lipinski definition) is 2. The lowest BCUT2D eigenvalue weighted by Gasteiger charge is -2.38. The minimum atomic E-state index is -0.508. The Hall–Kier alpha value is -0.810. The molecule has 1 aliphatic heterocycles. The Labute approximate surface area is 100 Å². The number of carbonyl (C=O) groups is 2. The normalized spacial score (nSPS) is 26.2. The summed E-state index contributed by atoms with van der Waals surface area (Å²) in [5.74, 6) is -0.699. The molecular weight excluding hydrogens is 230 g/mol. The molecule has 5 nitrogen and oxygen atoms in total. The first-order valence-corrected chi connectivity index (χ1v) is 6.02. The molecule has 0 radical (unpaired) electrons. The van der Waals surface area contributed by atoms with Gasteiger partial charge in [0.05, 0.1) is 0 Å². The van der Waals surface area contributed by atoms with Crippen LogP contribution in [0.3, 0.4) is 0 Å². The average Bonchev–Trinajstić information content (AvgIpc) is 2.23. The topological polar surface area (TPSA) is 61.4 Å². The number of alkyl halides is 1. The molecule has 2 N–H and O–H groups in total. The van der Waals surface area contributed by atoms with Gasteiger partial charge in [-0.3, -0.25) is 15.5 Å². The number of amides is 3. The zero-order chi connectivity index (χ0) is 12.1. The third kappa shape index (κ3) is 3.64. The lowest BCUT2D eigenvalue weighted by Crippen LogP contribution is -2.57. The van der Waals surface area contributed by atoms with Crippen molar-refractivity contribution in [3.05, 3.63) is 0 Å². The summed E-state index contributed by atoms with van der Waals surface area (Å²) in [6.07, 6.45) is 3.27. The van der Waals surface area contributed by atoms with E-state index in [0.29, 0.717) is 12.1 Å². The van der Waals surface area contributed by atoms with Crippen LogP contribution in [0.1, 0.15) is 33.1 Å². The predicted octanol–water partition coefficient (Wildman–Crippen LogP) is 1.23. The summed E-state index contributed by atoms with van der Waals surface area (Å²) in [6, 6.07) is 0.0763. The molecule has 92 valence electrons. The Morgan fingerprint density at radius 1 is 1.31 bits per heavy atom. The van der Waals surface area contributed by atoms with Gasteiger partial charge in [0, 0.05) is 12.1 Å². The molecule has 0 aromatic carbocycles. The second kappa shape index (κ2) is 6.06. The van der Waals surface area contributed by atoms with Crippen molar-refractivity contribution < 1.29 is 9.59 Å². The van der Waals surface area contributed by atoms with Crippen LogP contribution in [0.4, 0.5) is 4.79 Å². The van der Waals surface area contributed by atoms with Gasteiger partial charge in [-0.1, -0.05) is 6.42 Å². The van der Waals surface area contributed by atoms with Gasteiger partial charge in [0.15, 0.2) is 0 Å². The minimum absolute atomic E-state index is 0.210. The number of urea groups is 1. The van der Waals surface area contributed by atoms with Crippen LogP contribution in [0, 0.1) is 0 Å². The van der Waals surface area contributed by atoms with Crippen molar-refractivity contribution in [2.45, 2.75) is 45.2 Å². The summed E-state index contributed by atoms with van der Waals surface area (Å²) < 4.78 is 0. The largest absolute Gasteiger partial charge is 0.336 e. The number of nitrogens with one attached hydrogen (secondary N) is 2. The van der Waals surface area contributed by atoms with E-state index in [0.717, 1.165) is 12.8 Å². The highest BCUT2D eigenvalue weighted by Crippen LogP contribution is 2.19. The standard InChI is InChI=1S/C10H18ClN3O2/c1-7-4-3-5-8(2)14(7)13-10(16)12-9(15)6-11/h7-8H,3-6H2,1-2H3,(H2,12,13,15,16). The highest BCUT2D eigenvalue weighted by molar-refractivity contribution is 6.28. The van der Waals surface area contributed by atoms with Crippen LogP contribution in [-0.4, -0.2) is 34.9 Å². The molecule has 2 unspecified atom stereocenters. The molecule has 16 heavy (non-hydrogen) atoms. The molecular formula is C10H18ClN3O2. The highest BCUT2D eigenvalue weighted by Gasteiger charge is 2.26. The average molecular weight is 248 g/mol. The van der Waals surface area contributed by atoms with Crippen LogP contribution < -0.4 is 10.7 Å². The van der Waals surface area contributed by atoms with Crippen molar-refractivity contribution in [2.75, 3.05) is 5.88 Å². The Kier molecular flexibility index (Phi) is 5.02. The van der Waals surface area contributed by atoms with E-state index >= 15 is 0 Å². The molecule has 2 atom stereocenters. The predicted molar refractivity (Wildman–Crippen MR) is 62.0 cm³/mol. The maximum absolute atomic E-state index is 11.4. The monoisotopic (exact) mass is 247 g/mol. The van der Waals surface area contributed by atoms with Crippen LogP contribution in [0.25, 0.3) is 0 Å². The molecule has 0 spiro atoms. The zero-order valence-electron chi connectivity index (χ0n) is 9.62. The van der Waals surface area contributed by atoms with Crippen molar-refractivity contribution in [2.24, 2.45) is 0 Å². The number of hydrogen-bond acceptors (Lipinski definition) is 3. The van der Waals surface area contributed by atoms with Crippen molar-refractivity contribution >= 4 is 23.5 Å².